The zero-order valence-corrected chi connectivity index (χ0v) is 9.85. The van der Waals surface area contributed by atoms with Gasteiger partial charge in [-0.05, 0) is 12.8 Å². The average molecular weight is 247 g/mol. The van der Waals surface area contributed by atoms with Gasteiger partial charge in [0.2, 0.25) is 0 Å². The molecule has 2 rings (SSSR count). The molecule has 0 aromatic carbocycles. The van der Waals surface area contributed by atoms with Crippen molar-refractivity contribution >= 4 is 21.2 Å². The minimum atomic E-state index is -2.96. The summed E-state index contributed by atoms with van der Waals surface area (Å²) in [6, 6.07) is 0. The lowest BCUT2D eigenvalue weighted by atomic mass is 10.3. The zero-order valence-electron chi connectivity index (χ0n) is 8.22. The molecule has 15 heavy (non-hydrogen) atoms. The van der Waals surface area contributed by atoms with E-state index < -0.39 is 15.1 Å². The van der Waals surface area contributed by atoms with Gasteiger partial charge in [0.05, 0.1) is 5.75 Å². The van der Waals surface area contributed by atoms with E-state index in [9.17, 15) is 8.42 Å². The highest BCUT2D eigenvalue weighted by Gasteiger charge is 2.34. The third-order valence-corrected chi connectivity index (χ3v) is 6.04. The van der Waals surface area contributed by atoms with Crippen LogP contribution >= 0.6 is 11.3 Å². The number of rotatable bonds is 3. The summed E-state index contributed by atoms with van der Waals surface area (Å²) in [5.41, 5.74) is 0. The van der Waals surface area contributed by atoms with Crippen LogP contribution in [-0.4, -0.2) is 30.9 Å². The van der Waals surface area contributed by atoms with E-state index in [1.165, 1.54) is 11.3 Å². The van der Waals surface area contributed by atoms with E-state index in [0.29, 0.717) is 17.8 Å². The number of aliphatic hydroxyl groups excluding tert-OH is 1. The quantitative estimate of drug-likeness (QED) is 0.862. The molecule has 6 heteroatoms. The molecule has 1 unspecified atom stereocenters. The number of aromatic nitrogens is 1. The Balaban J connectivity index is 2.22. The van der Waals surface area contributed by atoms with Gasteiger partial charge in [-0.25, -0.2) is 13.4 Å². The minimum absolute atomic E-state index is 0.0824. The van der Waals surface area contributed by atoms with Crippen LogP contribution in [0.3, 0.4) is 0 Å². The molecule has 1 N–H and O–H groups in total. The molecule has 0 radical (unpaired) electrons. The molecule has 1 aromatic heterocycles. The second-order valence-electron chi connectivity index (χ2n) is 3.64. The Bertz CT molecular complexity index is 438. The van der Waals surface area contributed by atoms with E-state index in [4.69, 9.17) is 5.11 Å². The fourth-order valence-electron chi connectivity index (χ4n) is 1.77. The highest BCUT2D eigenvalue weighted by atomic mass is 32.2. The largest absolute Gasteiger partial charge is 0.396 e. The predicted octanol–water partition coefficient (Wildman–Crippen LogP) is 0.928. The Morgan fingerprint density at radius 2 is 2.40 bits per heavy atom. The Kier molecular flexibility index (Phi) is 3.08. The second kappa shape index (κ2) is 4.19. The maximum atomic E-state index is 11.6. The predicted molar refractivity (Wildman–Crippen MR) is 58.7 cm³/mol. The first-order valence-electron chi connectivity index (χ1n) is 4.90. The normalized spacial score (nSPS) is 24.5. The van der Waals surface area contributed by atoms with E-state index in [0.717, 1.165) is 11.3 Å². The van der Waals surface area contributed by atoms with Crippen molar-refractivity contribution in [3.05, 3.63) is 16.1 Å². The van der Waals surface area contributed by atoms with Gasteiger partial charge in [0.1, 0.15) is 10.3 Å². The maximum Gasteiger partial charge on any atom is 0.159 e. The number of hydrogen-bond acceptors (Lipinski definition) is 5. The molecule has 84 valence electrons. The number of aliphatic hydroxyl groups is 1. The monoisotopic (exact) mass is 247 g/mol. The Morgan fingerprint density at radius 1 is 1.60 bits per heavy atom. The van der Waals surface area contributed by atoms with Crippen LogP contribution in [0.2, 0.25) is 0 Å². The van der Waals surface area contributed by atoms with Crippen LogP contribution in [0.5, 0.6) is 0 Å². The van der Waals surface area contributed by atoms with Gasteiger partial charge < -0.3 is 5.11 Å². The van der Waals surface area contributed by atoms with Crippen LogP contribution in [0.1, 0.15) is 28.0 Å². The zero-order chi connectivity index (χ0) is 10.9. The van der Waals surface area contributed by atoms with Gasteiger partial charge in [0.15, 0.2) is 9.84 Å². The molecule has 1 aliphatic heterocycles. The summed E-state index contributed by atoms with van der Waals surface area (Å²) in [5.74, 6) is 0.284. The smallest absolute Gasteiger partial charge is 0.159 e. The summed E-state index contributed by atoms with van der Waals surface area (Å²) >= 11 is 1.41. The van der Waals surface area contributed by atoms with Crippen molar-refractivity contribution in [3.63, 3.8) is 0 Å². The highest BCUT2D eigenvalue weighted by molar-refractivity contribution is 7.92. The van der Waals surface area contributed by atoms with Gasteiger partial charge in [-0.1, -0.05) is 0 Å². The molecule has 1 aliphatic rings. The van der Waals surface area contributed by atoms with Crippen molar-refractivity contribution in [1.29, 1.82) is 0 Å². The molecule has 0 saturated carbocycles. The fourth-order valence-corrected chi connectivity index (χ4v) is 5.02. The van der Waals surface area contributed by atoms with E-state index >= 15 is 0 Å². The molecule has 2 heterocycles. The minimum Gasteiger partial charge on any atom is -0.396 e. The topological polar surface area (TPSA) is 67.3 Å². The van der Waals surface area contributed by atoms with Crippen molar-refractivity contribution < 1.29 is 13.5 Å². The van der Waals surface area contributed by atoms with Gasteiger partial charge in [0, 0.05) is 24.1 Å². The van der Waals surface area contributed by atoms with E-state index in [-0.39, 0.29) is 12.4 Å². The van der Waals surface area contributed by atoms with Crippen molar-refractivity contribution in [2.75, 3.05) is 12.4 Å². The van der Waals surface area contributed by atoms with Gasteiger partial charge in [-0.2, -0.15) is 0 Å². The first kappa shape index (κ1) is 11.0. The van der Waals surface area contributed by atoms with Gasteiger partial charge in [-0.3, -0.25) is 0 Å². The molecule has 1 aromatic rings. The first-order chi connectivity index (χ1) is 7.13. The number of sulfone groups is 1. The van der Waals surface area contributed by atoms with Gasteiger partial charge in [-0.15, -0.1) is 11.3 Å². The summed E-state index contributed by atoms with van der Waals surface area (Å²) in [7, 11) is -2.96. The molecule has 1 saturated heterocycles. The molecule has 0 spiro atoms. The third-order valence-electron chi connectivity index (χ3n) is 2.53. The van der Waals surface area contributed by atoms with Crippen LogP contribution in [0.25, 0.3) is 0 Å². The van der Waals surface area contributed by atoms with Crippen LogP contribution in [-0.2, 0) is 16.3 Å². The molecule has 0 aliphatic carbocycles. The summed E-state index contributed by atoms with van der Waals surface area (Å²) in [6.07, 6.45) is 3.66. The highest BCUT2D eigenvalue weighted by Crippen LogP contribution is 2.36. The first-order valence-corrected chi connectivity index (χ1v) is 7.44. The van der Waals surface area contributed by atoms with Crippen molar-refractivity contribution in [1.82, 2.24) is 4.98 Å². The lowest BCUT2D eigenvalue weighted by Crippen LogP contribution is -2.07. The molecular formula is C9H13NO3S2. The van der Waals surface area contributed by atoms with Gasteiger partial charge in [0.25, 0.3) is 0 Å². The number of hydrogen-bond donors (Lipinski definition) is 1. The molecule has 0 amide bonds. The number of thiazole rings is 1. The summed E-state index contributed by atoms with van der Waals surface area (Å²) in [4.78, 5) is 5.09. The van der Waals surface area contributed by atoms with Crippen molar-refractivity contribution in [2.45, 2.75) is 24.5 Å². The standard InChI is InChI=1S/C9H13NO3S2/c11-4-3-7-6-10-9(14-7)8-2-1-5-15(8,12)13/h6,8,11H,1-5H2. The molecule has 1 fully saturated rings. The SMILES string of the molecule is O=S1(=O)CCCC1c1ncc(CCO)s1. The van der Waals surface area contributed by atoms with E-state index in [1.807, 2.05) is 0 Å². The second-order valence-corrected chi connectivity index (χ2v) is 7.09. The lowest BCUT2D eigenvalue weighted by Gasteiger charge is -2.03. The Morgan fingerprint density at radius 3 is 3.00 bits per heavy atom. The molecule has 0 bridgehead atoms. The van der Waals surface area contributed by atoms with E-state index in [2.05, 4.69) is 4.98 Å². The van der Waals surface area contributed by atoms with Crippen LogP contribution < -0.4 is 0 Å². The maximum absolute atomic E-state index is 11.6. The Labute approximate surface area is 92.9 Å². The average Bonchev–Trinajstić information content (AvgIpc) is 2.72. The van der Waals surface area contributed by atoms with Gasteiger partial charge >= 0.3 is 0 Å². The molecular weight excluding hydrogens is 234 g/mol. The summed E-state index contributed by atoms with van der Waals surface area (Å²) < 4.78 is 23.3. The Hall–Kier alpha value is -0.460. The fraction of sp³-hybridized carbons (Fsp3) is 0.667. The summed E-state index contributed by atoms with van der Waals surface area (Å²) in [6.45, 7) is 0.0824. The lowest BCUT2D eigenvalue weighted by molar-refractivity contribution is 0.300. The van der Waals surface area contributed by atoms with Crippen molar-refractivity contribution in [2.24, 2.45) is 0 Å². The third kappa shape index (κ3) is 2.21. The van der Waals surface area contributed by atoms with Crippen molar-refractivity contribution in [3.8, 4) is 0 Å². The van der Waals surface area contributed by atoms with Crippen LogP contribution in [0, 0.1) is 0 Å². The summed E-state index contributed by atoms with van der Waals surface area (Å²) in [5, 5.41) is 9.05. The van der Waals surface area contributed by atoms with Crippen LogP contribution in [0.15, 0.2) is 6.20 Å². The van der Waals surface area contributed by atoms with E-state index in [1.54, 1.807) is 6.20 Å². The molecule has 4 nitrogen and oxygen atoms in total. The molecule has 1 atom stereocenters. The van der Waals surface area contributed by atoms with Crippen LogP contribution in [0.4, 0.5) is 0 Å². The number of nitrogens with zero attached hydrogens (tertiary/aromatic N) is 1.